The molecule has 0 unspecified atom stereocenters. The minimum absolute atomic E-state index is 0. The van der Waals surface area contributed by atoms with Crippen molar-refractivity contribution >= 4 is 41.3 Å². The highest BCUT2D eigenvalue weighted by Gasteiger charge is 2.09. The van der Waals surface area contributed by atoms with Gasteiger partial charge in [-0.25, -0.2) is 4.98 Å². The lowest BCUT2D eigenvalue weighted by molar-refractivity contribution is -0.146. The Morgan fingerprint density at radius 1 is 1.67 bits per heavy atom. The third-order valence-electron chi connectivity index (χ3n) is 1.40. The Kier molecular flexibility index (Phi) is 6.89. The van der Waals surface area contributed by atoms with E-state index in [0.29, 0.717) is 5.88 Å². The first kappa shape index (κ1) is 14.7. The molecule has 0 spiro atoms. The molecule has 0 N–H and O–H groups in total. The maximum atomic E-state index is 11.2. The van der Waals surface area contributed by atoms with Crippen LogP contribution in [0.15, 0.2) is 5.38 Å². The predicted molar refractivity (Wildman–Crippen MR) is 63.9 cm³/mol. The first-order chi connectivity index (χ1) is 6.61. The molecule has 0 aliphatic carbocycles. The number of hydrogen-bond acceptors (Lipinski definition) is 4. The number of hydrogen-bond donors (Lipinski definition) is 0. The van der Waals surface area contributed by atoms with E-state index < -0.39 is 0 Å². The van der Waals surface area contributed by atoms with Gasteiger partial charge in [-0.05, 0) is 13.8 Å². The third-order valence-corrected chi connectivity index (χ3v) is 2.57. The van der Waals surface area contributed by atoms with Gasteiger partial charge in [0.2, 0.25) is 0 Å². The molecule has 0 aliphatic heterocycles. The number of rotatable bonds is 4. The van der Waals surface area contributed by atoms with Gasteiger partial charge in [0.25, 0.3) is 0 Å². The van der Waals surface area contributed by atoms with Crippen LogP contribution in [0.1, 0.15) is 24.5 Å². The van der Waals surface area contributed by atoms with Crippen LogP contribution in [0, 0.1) is 0 Å². The molecule has 0 bridgehead atoms. The van der Waals surface area contributed by atoms with Crippen molar-refractivity contribution in [3.63, 3.8) is 0 Å². The normalized spacial score (nSPS) is 9.87. The average Bonchev–Trinajstić information content (AvgIpc) is 2.50. The Balaban J connectivity index is 0.00000196. The molecule has 1 heterocycles. The van der Waals surface area contributed by atoms with E-state index in [2.05, 4.69) is 4.98 Å². The molecule has 0 aliphatic rings. The number of aromatic nitrogens is 1. The fourth-order valence-corrected chi connectivity index (χ4v) is 1.93. The number of ether oxygens (including phenoxy) is 1. The Morgan fingerprint density at radius 3 is 2.80 bits per heavy atom. The van der Waals surface area contributed by atoms with Gasteiger partial charge in [-0.3, -0.25) is 4.79 Å². The Hall–Kier alpha value is -0.320. The highest BCUT2D eigenvalue weighted by molar-refractivity contribution is 7.09. The highest BCUT2D eigenvalue weighted by atomic mass is 35.5. The largest absolute Gasteiger partial charge is 0.463 e. The smallest absolute Gasteiger partial charge is 0.312 e. The maximum Gasteiger partial charge on any atom is 0.312 e. The van der Waals surface area contributed by atoms with E-state index in [4.69, 9.17) is 16.3 Å². The van der Waals surface area contributed by atoms with Crippen molar-refractivity contribution < 1.29 is 9.53 Å². The van der Waals surface area contributed by atoms with Crippen LogP contribution in [-0.4, -0.2) is 17.1 Å². The van der Waals surface area contributed by atoms with Crippen molar-refractivity contribution in [3.05, 3.63) is 16.1 Å². The highest BCUT2D eigenvalue weighted by Crippen LogP contribution is 2.12. The SMILES string of the molecule is CC(C)OC(=O)Cc1nc(CCl)cs1.Cl. The van der Waals surface area contributed by atoms with Gasteiger partial charge in [0.1, 0.15) is 5.01 Å². The standard InChI is InChI=1S/C9H12ClNO2S.ClH/c1-6(2)13-9(12)3-8-11-7(4-10)5-14-8;/h5-6H,3-4H2,1-2H3;1H. The third kappa shape index (κ3) is 5.35. The van der Waals surface area contributed by atoms with Crippen molar-refractivity contribution in [2.24, 2.45) is 0 Å². The zero-order chi connectivity index (χ0) is 10.6. The van der Waals surface area contributed by atoms with Crippen molar-refractivity contribution in [1.29, 1.82) is 0 Å². The summed E-state index contributed by atoms with van der Waals surface area (Å²) < 4.78 is 4.99. The average molecular weight is 270 g/mol. The van der Waals surface area contributed by atoms with Gasteiger partial charge in [-0.15, -0.1) is 35.3 Å². The molecule has 0 amide bonds. The van der Waals surface area contributed by atoms with Crippen molar-refractivity contribution in [2.75, 3.05) is 0 Å². The second-order valence-electron chi connectivity index (χ2n) is 3.08. The van der Waals surface area contributed by atoms with Gasteiger partial charge in [0.05, 0.1) is 24.1 Å². The molecule has 0 fully saturated rings. The number of thiazole rings is 1. The zero-order valence-electron chi connectivity index (χ0n) is 8.53. The molecule has 3 nitrogen and oxygen atoms in total. The van der Waals surface area contributed by atoms with Crippen molar-refractivity contribution in [3.8, 4) is 0 Å². The van der Waals surface area contributed by atoms with Crippen LogP contribution < -0.4 is 0 Å². The first-order valence-electron chi connectivity index (χ1n) is 4.30. The Bertz CT molecular complexity index is 315. The van der Waals surface area contributed by atoms with E-state index in [1.54, 1.807) is 0 Å². The van der Waals surface area contributed by atoms with Gasteiger partial charge in [-0.2, -0.15) is 0 Å². The second kappa shape index (κ2) is 7.04. The summed E-state index contributed by atoms with van der Waals surface area (Å²) in [6.45, 7) is 3.65. The molecule has 0 aromatic carbocycles. The van der Waals surface area contributed by atoms with E-state index in [9.17, 15) is 4.79 Å². The van der Waals surface area contributed by atoms with Crippen LogP contribution in [0.3, 0.4) is 0 Å². The molecule has 0 saturated heterocycles. The lowest BCUT2D eigenvalue weighted by Gasteiger charge is -2.05. The van der Waals surface area contributed by atoms with Crippen LogP contribution in [0.2, 0.25) is 0 Å². The summed E-state index contributed by atoms with van der Waals surface area (Å²) in [5.41, 5.74) is 0.809. The minimum Gasteiger partial charge on any atom is -0.463 e. The van der Waals surface area contributed by atoms with Crippen LogP contribution in [0.5, 0.6) is 0 Å². The van der Waals surface area contributed by atoms with Gasteiger partial charge in [-0.1, -0.05) is 0 Å². The topological polar surface area (TPSA) is 39.2 Å². The van der Waals surface area contributed by atoms with Crippen LogP contribution >= 0.6 is 35.3 Å². The summed E-state index contributed by atoms with van der Waals surface area (Å²) in [5, 5.41) is 2.61. The van der Waals surface area contributed by atoms with E-state index in [1.807, 2.05) is 19.2 Å². The summed E-state index contributed by atoms with van der Waals surface area (Å²) >= 11 is 7.02. The Labute approximate surface area is 104 Å². The van der Waals surface area contributed by atoms with E-state index in [0.717, 1.165) is 10.7 Å². The fraction of sp³-hybridized carbons (Fsp3) is 0.556. The lowest BCUT2D eigenvalue weighted by atomic mass is 10.4. The molecule has 1 aromatic heterocycles. The number of carbonyl (C=O) groups excluding carboxylic acids is 1. The number of halogens is 2. The number of nitrogens with zero attached hydrogens (tertiary/aromatic N) is 1. The molecule has 15 heavy (non-hydrogen) atoms. The zero-order valence-corrected chi connectivity index (χ0v) is 10.9. The summed E-state index contributed by atoms with van der Waals surface area (Å²) in [6, 6.07) is 0. The summed E-state index contributed by atoms with van der Waals surface area (Å²) in [5.74, 6) is 0.144. The van der Waals surface area contributed by atoms with Crippen molar-refractivity contribution in [2.45, 2.75) is 32.3 Å². The molecule has 0 saturated carbocycles. The Morgan fingerprint density at radius 2 is 2.33 bits per heavy atom. The van der Waals surface area contributed by atoms with Crippen LogP contribution in [0.4, 0.5) is 0 Å². The first-order valence-corrected chi connectivity index (χ1v) is 5.72. The van der Waals surface area contributed by atoms with E-state index >= 15 is 0 Å². The van der Waals surface area contributed by atoms with Crippen molar-refractivity contribution in [1.82, 2.24) is 4.98 Å². The summed E-state index contributed by atoms with van der Waals surface area (Å²) in [4.78, 5) is 15.4. The lowest BCUT2D eigenvalue weighted by Crippen LogP contribution is -2.13. The van der Waals surface area contributed by atoms with Crippen LogP contribution in [0.25, 0.3) is 0 Å². The summed E-state index contributed by atoms with van der Waals surface area (Å²) in [7, 11) is 0. The maximum absolute atomic E-state index is 11.2. The monoisotopic (exact) mass is 269 g/mol. The summed E-state index contributed by atoms with van der Waals surface area (Å²) in [6.07, 6.45) is 0.162. The van der Waals surface area contributed by atoms with Gasteiger partial charge in [0, 0.05) is 5.38 Å². The molecular weight excluding hydrogens is 257 g/mol. The van der Waals surface area contributed by atoms with Gasteiger partial charge >= 0.3 is 5.97 Å². The number of carbonyl (C=O) groups is 1. The van der Waals surface area contributed by atoms with E-state index in [1.165, 1.54) is 11.3 Å². The molecule has 86 valence electrons. The van der Waals surface area contributed by atoms with E-state index in [-0.39, 0.29) is 30.9 Å². The number of alkyl halides is 1. The second-order valence-corrected chi connectivity index (χ2v) is 4.29. The quantitative estimate of drug-likeness (QED) is 0.623. The van der Waals surface area contributed by atoms with Crippen LogP contribution in [-0.2, 0) is 21.8 Å². The molecule has 1 aromatic rings. The minimum atomic E-state index is -0.240. The number of esters is 1. The van der Waals surface area contributed by atoms with Gasteiger partial charge in [0.15, 0.2) is 0 Å². The molecule has 0 atom stereocenters. The predicted octanol–water partition coefficient (Wildman–Crippen LogP) is 2.80. The molecule has 1 rings (SSSR count). The molecular formula is C9H13Cl2NO2S. The van der Waals surface area contributed by atoms with Gasteiger partial charge < -0.3 is 4.74 Å². The molecule has 6 heteroatoms. The molecule has 0 radical (unpaired) electrons. The fourth-order valence-electron chi connectivity index (χ4n) is 0.920.